The Balaban J connectivity index is 1.63. The molecule has 0 unspecified atom stereocenters. The van der Waals surface area contributed by atoms with Crippen LogP contribution in [-0.2, 0) is 6.42 Å². The first-order valence-electron chi connectivity index (χ1n) is 8.99. The number of aromatic amines is 2. The Bertz CT molecular complexity index is 1200. The van der Waals surface area contributed by atoms with Gasteiger partial charge in [-0.25, -0.2) is 4.98 Å². The van der Waals surface area contributed by atoms with Gasteiger partial charge >= 0.3 is 6.61 Å². The van der Waals surface area contributed by atoms with E-state index in [-0.39, 0.29) is 18.0 Å². The van der Waals surface area contributed by atoms with Gasteiger partial charge in [-0.15, -0.1) is 0 Å². The van der Waals surface area contributed by atoms with Crippen LogP contribution in [0.15, 0.2) is 42.6 Å². The van der Waals surface area contributed by atoms with E-state index in [0.29, 0.717) is 22.6 Å². The molecule has 6 nitrogen and oxygen atoms in total. The number of Topliss-reactive ketones (excluding diaryl/α,β-unsaturated/α-hetero) is 1. The van der Waals surface area contributed by atoms with Gasteiger partial charge in [0.25, 0.3) is 0 Å². The van der Waals surface area contributed by atoms with Crippen molar-refractivity contribution in [2.24, 2.45) is 0 Å². The van der Waals surface area contributed by atoms with Crippen molar-refractivity contribution in [1.82, 2.24) is 20.2 Å². The molecule has 1 aromatic carbocycles. The number of carbonyl (C=O) groups excluding carboxylic acids is 1. The summed E-state index contributed by atoms with van der Waals surface area (Å²) in [4.78, 5) is 20.0. The number of para-hydroxylation sites is 1. The summed E-state index contributed by atoms with van der Waals surface area (Å²) < 4.78 is 30.0. The second-order valence-corrected chi connectivity index (χ2v) is 6.76. The van der Waals surface area contributed by atoms with E-state index in [1.807, 2.05) is 19.9 Å². The van der Waals surface area contributed by atoms with E-state index in [1.165, 1.54) is 6.07 Å². The van der Waals surface area contributed by atoms with Crippen molar-refractivity contribution >= 4 is 16.8 Å². The van der Waals surface area contributed by atoms with Crippen molar-refractivity contribution in [3.63, 3.8) is 0 Å². The smallest absolute Gasteiger partial charge is 0.387 e. The van der Waals surface area contributed by atoms with Crippen molar-refractivity contribution < 1.29 is 18.3 Å². The lowest BCUT2D eigenvalue weighted by molar-refractivity contribution is -0.0494. The molecule has 0 saturated heterocycles. The number of hydrogen-bond acceptors (Lipinski definition) is 4. The van der Waals surface area contributed by atoms with Gasteiger partial charge in [0, 0.05) is 34.8 Å². The molecule has 3 aromatic heterocycles. The second-order valence-electron chi connectivity index (χ2n) is 6.76. The van der Waals surface area contributed by atoms with Gasteiger partial charge in [0.1, 0.15) is 17.1 Å². The predicted molar refractivity (Wildman–Crippen MR) is 104 cm³/mol. The van der Waals surface area contributed by atoms with Crippen molar-refractivity contribution in [3.05, 3.63) is 65.1 Å². The number of benzene rings is 1. The van der Waals surface area contributed by atoms with Gasteiger partial charge in [-0.2, -0.15) is 13.9 Å². The first kappa shape index (κ1) is 18.8. The zero-order valence-corrected chi connectivity index (χ0v) is 15.8. The Labute approximate surface area is 164 Å². The second kappa shape index (κ2) is 7.46. The summed E-state index contributed by atoms with van der Waals surface area (Å²) in [6.07, 6.45) is 1.79. The third kappa shape index (κ3) is 3.73. The maximum Gasteiger partial charge on any atom is 0.387 e. The van der Waals surface area contributed by atoms with Crippen molar-refractivity contribution in [1.29, 1.82) is 0 Å². The molecular weight excluding hydrogens is 378 g/mol. The number of hydrogen-bond donors (Lipinski definition) is 2. The lowest BCUT2D eigenvalue weighted by Crippen LogP contribution is -2.06. The molecule has 3 heterocycles. The molecule has 2 N–H and O–H groups in total. The first-order valence-corrected chi connectivity index (χ1v) is 8.99. The lowest BCUT2D eigenvalue weighted by atomic mass is 10.0. The average molecular weight is 396 g/mol. The van der Waals surface area contributed by atoms with Crippen LogP contribution in [0.25, 0.3) is 22.3 Å². The van der Waals surface area contributed by atoms with E-state index in [2.05, 4.69) is 24.9 Å². The number of carbonyl (C=O) groups is 1. The minimum atomic E-state index is -2.91. The largest absolute Gasteiger partial charge is 0.434 e. The van der Waals surface area contributed by atoms with Crippen LogP contribution in [0.5, 0.6) is 5.75 Å². The number of rotatable bonds is 6. The molecule has 0 saturated carbocycles. The molecule has 4 rings (SSSR count). The maximum atomic E-state index is 12.7. The third-order valence-electron chi connectivity index (χ3n) is 4.80. The van der Waals surface area contributed by atoms with Crippen LogP contribution in [0.3, 0.4) is 0 Å². The van der Waals surface area contributed by atoms with Crippen LogP contribution < -0.4 is 4.74 Å². The Morgan fingerprint density at radius 3 is 2.72 bits per heavy atom. The Morgan fingerprint density at radius 2 is 2.00 bits per heavy atom. The molecule has 0 atom stereocenters. The highest BCUT2D eigenvalue weighted by Gasteiger charge is 2.17. The molecule has 0 bridgehead atoms. The SMILES string of the molecule is Cc1[nH]nc(C(=O)Cc2cnc3[nH]c(-c4ccccc4OC(F)F)cc3c2)c1C. The van der Waals surface area contributed by atoms with E-state index in [9.17, 15) is 13.6 Å². The van der Waals surface area contributed by atoms with E-state index in [4.69, 9.17) is 0 Å². The minimum absolute atomic E-state index is 0.0776. The molecule has 0 radical (unpaired) electrons. The van der Waals surface area contributed by atoms with Crippen LogP contribution in [-0.4, -0.2) is 32.6 Å². The first-order chi connectivity index (χ1) is 13.9. The molecule has 29 heavy (non-hydrogen) atoms. The Kier molecular flexibility index (Phi) is 4.84. The molecule has 0 spiro atoms. The predicted octanol–water partition coefficient (Wildman–Crippen LogP) is 4.60. The number of fused-ring (bicyclic) bond motifs is 1. The summed E-state index contributed by atoms with van der Waals surface area (Å²) >= 11 is 0. The monoisotopic (exact) mass is 396 g/mol. The minimum Gasteiger partial charge on any atom is -0.434 e. The van der Waals surface area contributed by atoms with Crippen LogP contribution >= 0.6 is 0 Å². The molecule has 0 aliphatic carbocycles. The number of nitrogens with zero attached hydrogens (tertiary/aromatic N) is 2. The highest BCUT2D eigenvalue weighted by Crippen LogP contribution is 2.32. The summed E-state index contributed by atoms with van der Waals surface area (Å²) in [5.41, 5.74) is 4.57. The van der Waals surface area contributed by atoms with E-state index < -0.39 is 6.61 Å². The van der Waals surface area contributed by atoms with Crippen LogP contribution in [0.1, 0.15) is 27.3 Å². The topological polar surface area (TPSA) is 83.7 Å². The molecule has 4 aromatic rings. The number of halogens is 2. The van der Waals surface area contributed by atoms with Gasteiger partial charge in [-0.05, 0) is 43.7 Å². The number of ether oxygens (including phenoxy) is 1. The number of alkyl halides is 2. The average Bonchev–Trinajstić information content (AvgIpc) is 3.25. The van der Waals surface area contributed by atoms with Gasteiger partial charge in [0.05, 0.1) is 5.69 Å². The summed E-state index contributed by atoms with van der Waals surface area (Å²) in [7, 11) is 0. The quantitative estimate of drug-likeness (QED) is 0.467. The van der Waals surface area contributed by atoms with Crippen molar-refractivity contribution in [2.45, 2.75) is 26.9 Å². The molecule has 8 heteroatoms. The van der Waals surface area contributed by atoms with Gasteiger partial charge < -0.3 is 9.72 Å². The number of aryl methyl sites for hydroxylation is 1. The number of aromatic nitrogens is 4. The molecule has 148 valence electrons. The third-order valence-corrected chi connectivity index (χ3v) is 4.80. The van der Waals surface area contributed by atoms with Crippen molar-refractivity contribution in [2.75, 3.05) is 0 Å². The standard InChI is InChI=1S/C21H18F2N4O2/c1-11-12(2)26-27-19(11)17(28)8-13-7-14-9-16(25-20(14)24-10-13)15-5-3-4-6-18(15)29-21(22)23/h3-7,9-10,21H,8H2,1-2H3,(H,24,25)(H,26,27). The molecule has 0 aliphatic rings. The summed E-state index contributed by atoms with van der Waals surface area (Å²) in [5.74, 6) is -0.0201. The van der Waals surface area contributed by atoms with E-state index in [1.54, 1.807) is 30.5 Å². The number of ketones is 1. The fourth-order valence-corrected chi connectivity index (χ4v) is 3.22. The van der Waals surface area contributed by atoms with Gasteiger partial charge in [0.2, 0.25) is 0 Å². The lowest BCUT2D eigenvalue weighted by Gasteiger charge is -2.08. The number of H-pyrrole nitrogens is 2. The zero-order valence-electron chi connectivity index (χ0n) is 15.8. The Hall–Kier alpha value is -3.55. The number of pyridine rings is 1. The van der Waals surface area contributed by atoms with Gasteiger partial charge in [-0.3, -0.25) is 9.89 Å². The molecular formula is C21H18F2N4O2. The maximum absolute atomic E-state index is 12.7. The van der Waals surface area contributed by atoms with Gasteiger partial charge in [-0.1, -0.05) is 12.1 Å². The van der Waals surface area contributed by atoms with E-state index >= 15 is 0 Å². The van der Waals surface area contributed by atoms with Crippen LogP contribution in [0, 0.1) is 13.8 Å². The normalized spacial score (nSPS) is 11.3. The fraction of sp³-hybridized carbons (Fsp3) is 0.190. The summed E-state index contributed by atoms with van der Waals surface area (Å²) in [6.45, 7) is 0.805. The van der Waals surface area contributed by atoms with Gasteiger partial charge in [0.15, 0.2) is 5.78 Å². The Morgan fingerprint density at radius 1 is 1.21 bits per heavy atom. The molecule has 0 fully saturated rings. The molecule has 0 aliphatic heterocycles. The van der Waals surface area contributed by atoms with E-state index in [0.717, 1.165) is 22.2 Å². The van der Waals surface area contributed by atoms with Crippen LogP contribution in [0.2, 0.25) is 0 Å². The molecule has 0 amide bonds. The fourth-order valence-electron chi connectivity index (χ4n) is 3.22. The van der Waals surface area contributed by atoms with Crippen LogP contribution in [0.4, 0.5) is 8.78 Å². The number of nitrogens with one attached hydrogen (secondary N) is 2. The van der Waals surface area contributed by atoms with Crippen molar-refractivity contribution in [3.8, 4) is 17.0 Å². The zero-order chi connectivity index (χ0) is 20.5. The highest BCUT2D eigenvalue weighted by molar-refractivity contribution is 5.97. The summed E-state index contributed by atoms with van der Waals surface area (Å²) in [6, 6.07) is 10.2. The highest BCUT2D eigenvalue weighted by atomic mass is 19.3. The summed E-state index contributed by atoms with van der Waals surface area (Å²) in [5, 5.41) is 7.66.